The van der Waals surface area contributed by atoms with Gasteiger partial charge in [-0.25, -0.2) is 8.78 Å². The van der Waals surface area contributed by atoms with Crippen molar-refractivity contribution in [2.24, 2.45) is 0 Å². The number of halogens is 2. The Morgan fingerprint density at radius 2 is 2.00 bits per heavy atom. The molecule has 0 bridgehead atoms. The highest BCUT2D eigenvalue weighted by Gasteiger charge is 2.22. The van der Waals surface area contributed by atoms with Crippen LogP contribution in [0.15, 0.2) is 0 Å². The van der Waals surface area contributed by atoms with Gasteiger partial charge in [0.1, 0.15) is 6.61 Å². The lowest BCUT2D eigenvalue weighted by Gasteiger charge is -2.26. The average Bonchev–Trinajstić information content (AvgIpc) is 2.29. The molecule has 6 nitrogen and oxygen atoms in total. The van der Waals surface area contributed by atoms with Gasteiger partial charge >= 0.3 is 0 Å². The lowest BCUT2D eigenvalue weighted by atomic mass is 10.4. The van der Waals surface area contributed by atoms with E-state index in [9.17, 15) is 17.2 Å². The minimum absolute atomic E-state index is 0.00101. The summed E-state index contributed by atoms with van der Waals surface area (Å²) in [6, 6.07) is 0. The van der Waals surface area contributed by atoms with Crippen LogP contribution in [-0.4, -0.2) is 65.1 Å². The van der Waals surface area contributed by atoms with Crippen LogP contribution in [0, 0.1) is 0 Å². The summed E-state index contributed by atoms with van der Waals surface area (Å²) in [5.41, 5.74) is 0. The molecule has 0 amide bonds. The molecule has 0 atom stereocenters. The number of ether oxygens (including phenoxy) is 1. The minimum atomic E-state index is -3.51. The van der Waals surface area contributed by atoms with Crippen LogP contribution in [-0.2, 0) is 14.9 Å². The third-order valence-electron chi connectivity index (χ3n) is 2.19. The van der Waals surface area contributed by atoms with E-state index in [1.54, 1.807) is 0 Å². The molecule has 0 unspecified atom stereocenters. The SMILES string of the molecule is O=S(=O)(NCCOCC(F)F)N1CCNCC1. The topological polar surface area (TPSA) is 70.7 Å². The molecular formula is C8H17F2N3O3S. The molecule has 9 heteroatoms. The summed E-state index contributed by atoms with van der Waals surface area (Å²) >= 11 is 0. The van der Waals surface area contributed by atoms with E-state index < -0.39 is 23.2 Å². The van der Waals surface area contributed by atoms with Crippen LogP contribution in [0.4, 0.5) is 8.78 Å². The Morgan fingerprint density at radius 3 is 2.59 bits per heavy atom. The largest absolute Gasteiger partial charge is 0.374 e. The second kappa shape index (κ2) is 7.17. The number of nitrogens with zero attached hydrogens (tertiary/aromatic N) is 1. The summed E-state index contributed by atoms with van der Waals surface area (Å²) in [7, 11) is -3.51. The summed E-state index contributed by atoms with van der Waals surface area (Å²) in [4.78, 5) is 0. The number of hydrogen-bond acceptors (Lipinski definition) is 4. The van der Waals surface area contributed by atoms with Gasteiger partial charge in [0.15, 0.2) is 0 Å². The highest BCUT2D eigenvalue weighted by atomic mass is 32.2. The molecule has 2 N–H and O–H groups in total. The van der Waals surface area contributed by atoms with E-state index >= 15 is 0 Å². The molecule has 0 radical (unpaired) electrons. The van der Waals surface area contributed by atoms with Gasteiger partial charge in [0, 0.05) is 32.7 Å². The van der Waals surface area contributed by atoms with E-state index in [0.29, 0.717) is 26.2 Å². The Hall–Kier alpha value is -0.350. The van der Waals surface area contributed by atoms with Crippen molar-refractivity contribution in [1.82, 2.24) is 14.3 Å². The molecule has 1 aliphatic rings. The highest BCUT2D eigenvalue weighted by Crippen LogP contribution is 1.99. The Morgan fingerprint density at radius 1 is 1.35 bits per heavy atom. The Kier molecular flexibility index (Phi) is 6.20. The maximum absolute atomic E-state index is 11.7. The fourth-order valence-corrected chi connectivity index (χ4v) is 2.58. The predicted molar refractivity (Wildman–Crippen MR) is 58.2 cm³/mol. The molecule has 1 aliphatic heterocycles. The Bertz CT molecular complexity index is 307. The Balaban J connectivity index is 2.20. The zero-order valence-electron chi connectivity index (χ0n) is 9.36. The summed E-state index contributed by atoms with van der Waals surface area (Å²) in [5.74, 6) is 0. The van der Waals surface area contributed by atoms with Crippen molar-refractivity contribution >= 4 is 10.2 Å². The first-order valence-electron chi connectivity index (χ1n) is 5.34. The quantitative estimate of drug-likeness (QED) is 0.584. The lowest BCUT2D eigenvalue weighted by Crippen LogP contribution is -2.50. The molecule has 1 rings (SSSR count). The standard InChI is InChI=1S/C8H17F2N3O3S/c9-8(10)7-16-6-3-12-17(14,15)13-4-1-11-2-5-13/h8,11-12H,1-7H2. The first kappa shape index (κ1) is 14.7. The highest BCUT2D eigenvalue weighted by molar-refractivity contribution is 7.87. The van der Waals surface area contributed by atoms with E-state index in [1.165, 1.54) is 4.31 Å². The van der Waals surface area contributed by atoms with Crippen molar-refractivity contribution in [2.75, 3.05) is 45.9 Å². The van der Waals surface area contributed by atoms with Crippen LogP contribution >= 0.6 is 0 Å². The van der Waals surface area contributed by atoms with Gasteiger partial charge in [-0.1, -0.05) is 0 Å². The molecule has 0 aromatic rings. The average molecular weight is 273 g/mol. The van der Waals surface area contributed by atoms with Crippen LogP contribution in [0.2, 0.25) is 0 Å². The maximum atomic E-state index is 11.7. The summed E-state index contributed by atoms with van der Waals surface area (Å²) in [5, 5.41) is 3.03. The molecule has 102 valence electrons. The zero-order chi connectivity index (χ0) is 12.7. The van der Waals surface area contributed by atoms with Crippen LogP contribution in [0.3, 0.4) is 0 Å². The minimum Gasteiger partial charge on any atom is -0.374 e. The van der Waals surface area contributed by atoms with Gasteiger partial charge in [0.05, 0.1) is 6.61 Å². The summed E-state index contributed by atoms with van der Waals surface area (Å²) < 4.78 is 54.9. The molecule has 0 saturated carbocycles. The van der Waals surface area contributed by atoms with Gasteiger partial charge in [-0.2, -0.15) is 17.4 Å². The molecule has 0 aromatic heterocycles. The van der Waals surface area contributed by atoms with Gasteiger partial charge in [0.2, 0.25) is 0 Å². The van der Waals surface area contributed by atoms with Crippen molar-refractivity contribution in [2.45, 2.75) is 6.43 Å². The number of hydrogen-bond donors (Lipinski definition) is 2. The van der Waals surface area contributed by atoms with Crippen LogP contribution in [0.1, 0.15) is 0 Å². The number of alkyl halides is 2. The third-order valence-corrected chi connectivity index (χ3v) is 3.80. The monoisotopic (exact) mass is 273 g/mol. The van der Waals surface area contributed by atoms with Gasteiger partial charge in [-0.3, -0.25) is 0 Å². The van der Waals surface area contributed by atoms with E-state index in [1.807, 2.05) is 0 Å². The maximum Gasteiger partial charge on any atom is 0.279 e. The molecule has 0 aliphatic carbocycles. The summed E-state index contributed by atoms with van der Waals surface area (Å²) in [6.45, 7) is 1.32. The van der Waals surface area contributed by atoms with Crippen LogP contribution in [0.5, 0.6) is 0 Å². The van der Waals surface area contributed by atoms with E-state index in [2.05, 4.69) is 14.8 Å². The normalized spacial score (nSPS) is 18.8. The molecule has 1 heterocycles. The van der Waals surface area contributed by atoms with E-state index in [0.717, 1.165) is 0 Å². The molecule has 17 heavy (non-hydrogen) atoms. The van der Waals surface area contributed by atoms with Crippen molar-refractivity contribution in [1.29, 1.82) is 0 Å². The van der Waals surface area contributed by atoms with Crippen molar-refractivity contribution in [3.8, 4) is 0 Å². The van der Waals surface area contributed by atoms with Crippen molar-refractivity contribution < 1.29 is 21.9 Å². The van der Waals surface area contributed by atoms with Gasteiger partial charge < -0.3 is 10.1 Å². The van der Waals surface area contributed by atoms with Crippen LogP contribution in [0.25, 0.3) is 0 Å². The number of nitrogens with one attached hydrogen (secondary N) is 2. The molecule has 1 saturated heterocycles. The fourth-order valence-electron chi connectivity index (χ4n) is 1.39. The third kappa shape index (κ3) is 5.68. The lowest BCUT2D eigenvalue weighted by molar-refractivity contribution is 0.0198. The zero-order valence-corrected chi connectivity index (χ0v) is 10.2. The fraction of sp³-hybridized carbons (Fsp3) is 1.00. The van der Waals surface area contributed by atoms with Gasteiger partial charge in [-0.05, 0) is 0 Å². The molecule has 0 aromatic carbocycles. The number of rotatable bonds is 7. The first-order valence-corrected chi connectivity index (χ1v) is 6.78. The number of piperazine rings is 1. The molecule has 1 fully saturated rings. The van der Waals surface area contributed by atoms with Crippen molar-refractivity contribution in [3.63, 3.8) is 0 Å². The van der Waals surface area contributed by atoms with Crippen molar-refractivity contribution in [3.05, 3.63) is 0 Å². The van der Waals surface area contributed by atoms with Gasteiger partial charge in [0.25, 0.3) is 16.6 Å². The second-order valence-electron chi connectivity index (χ2n) is 3.51. The summed E-state index contributed by atoms with van der Waals surface area (Å²) in [6.07, 6.45) is -2.53. The predicted octanol–water partition coefficient (Wildman–Crippen LogP) is -0.992. The molecule has 0 spiro atoms. The van der Waals surface area contributed by atoms with E-state index in [-0.39, 0.29) is 13.2 Å². The molecular weight excluding hydrogens is 256 g/mol. The van der Waals surface area contributed by atoms with Crippen LogP contribution < -0.4 is 10.0 Å². The van der Waals surface area contributed by atoms with E-state index in [4.69, 9.17) is 0 Å². The van der Waals surface area contributed by atoms with Gasteiger partial charge in [-0.15, -0.1) is 0 Å². The smallest absolute Gasteiger partial charge is 0.279 e. The first-order chi connectivity index (χ1) is 8.02. The Labute approximate surface area is 99.5 Å². The second-order valence-corrected chi connectivity index (χ2v) is 5.27.